The van der Waals surface area contributed by atoms with E-state index in [0.717, 1.165) is 44.5 Å². The van der Waals surface area contributed by atoms with Crippen molar-refractivity contribution in [3.63, 3.8) is 0 Å². The molecule has 1 saturated heterocycles. The van der Waals surface area contributed by atoms with Crippen LogP contribution in [0, 0.1) is 0 Å². The summed E-state index contributed by atoms with van der Waals surface area (Å²) in [4.78, 5) is 22.9. The zero-order valence-corrected chi connectivity index (χ0v) is 12.6. The zero-order valence-electron chi connectivity index (χ0n) is 12.6. The van der Waals surface area contributed by atoms with Crippen molar-refractivity contribution in [1.29, 1.82) is 0 Å². The Hall–Kier alpha value is -2.24. The summed E-state index contributed by atoms with van der Waals surface area (Å²) in [6, 6.07) is 6.06. The highest BCUT2D eigenvalue weighted by atomic mass is 16.2. The fourth-order valence-electron chi connectivity index (χ4n) is 2.99. The molecule has 3 heterocycles. The Morgan fingerprint density at radius 3 is 3.05 bits per heavy atom. The van der Waals surface area contributed by atoms with E-state index in [0.29, 0.717) is 6.42 Å². The Balaban J connectivity index is 1.59. The van der Waals surface area contributed by atoms with Gasteiger partial charge in [0.05, 0.1) is 11.7 Å². The third-order valence-corrected chi connectivity index (χ3v) is 4.10. The molecule has 0 radical (unpaired) electrons. The Kier molecular flexibility index (Phi) is 4.78. The van der Waals surface area contributed by atoms with E-state index in [-0.39, 0.29) is 11.9 Å². The number of amides is 1. The molecule has 1 aliphatic heterocycles. The van der Waals surface area contributed by atoms with Crippen LogP contribution in [0.3, 0.4) is 0 Å². The van der Waals surface area contributed by atoms with Gasteiger partial charge in [0.25, 0.3) is 0 Å². The standard InChI is InChI=1S/C16H21N5O/c22-16(8-5-10-20-13-17-12-19-20)21-11-4-2-7-15(21)14-6-1-3-9-18-14/h1,3,6,9,12-13,15H,2,4-5,7-8,10-11H2/t15-/m0/s1. The van der Waals surface area contributed by atoms with Crippen molar-refractivity contribution in [2.75, 3.05) is 6.54 Å². The number of aryl methyl sites for hydroxylation is 1. The summed E-state index contributed by atoms with van der Waals surface area (Å²) in [6.45, 7) is 1.57. The lowest BCUT2D eigenvalue weighted by molar-refractivity contribution is -0.135. The first kappa shape index (κ1) is 14.7. The SMILES string of the molecule is O=C(CCCn1cncn1)N1CCCC[C@H]1c1ccccn1. The molecule has 0 spiro atoms. The van der Waals surface area contributed by atoms with Crippen molar-refractivity contribution in [2.45, 2.75) is 44.7 Å². The first-order valence-corrected chi connectivity index (χ1v) is 7.87. The molecule has 0 N–H and O–H groups in total. The van der Waals surface area contributed by atoms with Crippen LogP contribution in [0.25, 0.3) is 0 Å². The molecular formula is C16H21N5O. The molecule has 0 saturated carbocycles. The summed E-state index contributed by atoms with van der Waals surface area (Å²) >= 11 is 0. The van der Waals surface area contributed by atoms with Gasteiger partial charge in [-0.3, -0.25) is 14.5 Å². The van der Waals surface area contributed by atoms with Gasteiger partial charge in [0, 0.05) is 25.7 Å². The second-order valence-electron chi connectivity index (χ2n) is 5.62. The van der Waals surface area contributed by atoms with E-state index in [2.05, 4.69) is 15.1 Å². The lowest BCUT2D eigenvalue weighted by Gasteiger charge is -2.35. The van der Waals surface area contributed by atoms with E-state index < -0.39 is 0 Å². The van der Waals surface area contributed by atoms with E-state index in [9.17, 15) is 4.79 Å². The van der Waals surface area contributed by atoms with Crippen molar-refractivity contribution >= 4 is 5.91 Å². The first-order valence-electron chi connectivity index (χ1n) is 7.87. The maximum atomic E-state index is 12.6. The van der Waals surface area contributed by atoms with Crippen molar-refractivity contribution in [2.24, 2.45) is 0 Å². The molecule has 2 aromatic heterocycles. The molecule has 1 amide bonds. The topological polar surface area (TPSA) is 63.9 Å². The van der Waals surface area contributed by atoms with Crippen LogP contribution in [0.15, 0.2) is 37.1 Å². The molecule has 22 heavy (non-hydrogen) atoms. The van der Waals surface area contributed by atoms with Crippen LogP contribution >= 0.6 is 0 Å². The van der Waals surface area contributed by atoms with Gasteiger partial charge in [0.2, 0.25) is 5.91 Å². The minimum Gasteiger partial charge on any atom is -0.334 e. The summed E-state index contributed by atoms with van der Waals surface area (Å²) < 4.78 is 1.76. The molecule has 3 rings (SSSR count). The fourth-order valence-corrected chi connectivity index (χ4v) is 2.99. The molecule has 2 aromatic rings. The number of hydrogen-bond acceptors (Lipinski definition) is 4. The number of nitrogens with zero attached hydrogens (tertiary/aromatic N) is 5. The van der Waals surface area contributed by atoms with Gasteiger partial charge in [-0.05, 0) is 37.8 Å². The Morgan fingerprint density at radius 1 is 1.32 bits per heavy atom. The molecule has 0 aliphatic carbocycles. The Morgan fingerprint density at radius 2 is 2.27 bits per heavy atom. The summed E-state index contributed by atoms with van der Waals surface area (Å²) in [6.07, 6.45) is 9.58. The summed E-state index contributed by atoms with van der Waals surface area (Å²) in [5.74, 6) is 0.218. The van der Waals surface area contributed by atoms with Gasteiger partial charge in [-0.25, -0.2) is 4.98 Å². The van der Waals surface area contributed by atoms with Crippen molar-refractivity contribution < 1.29 is 4.79 Å². The van der Waals surface area contributed by atoms with E-state index in [1.165, 1.54) is 6.33 Å². The third kappa shape index (κ3) is 3.50. The minimum absolute atomic E-state index is 0.133. The van der Waals surface area contributed by atoms with Crippen LogP contribution in [0.5, 0.6) is 0 Å². The number of likely N-dealkylation sites (tertiary alicyclic amines) is 1. The zero-order chi connectivity index (χ0) is 15.2. The first-order chi connectivity index (χ1) is 10.8. The lowest BCUT2D eigenvalue weighted by atomic mass is 9.98. The highest BCUT2D eigenvalue weighted by Crippen LogP contribution is 2.30. The third-order valence-electron chi connectivity index (χ3n) is 4.10. The van der Waals surface area contributed by atoms with Crippen LogP contribution in [0.2, 0.25) is 0 Å². The molecule has 6 heteroatoms. The predicted octanol–water partition coefficient (Wildman–Crippen LogP) is 2.21. The largest absolute Gasteiger partial charge is 0.334 e. The Labute approximate surface area is 130 Å². The van der Waals surface area contributed by atoms with Crippen LogP contribution in [0.1, 0.15) is 43.8 Å². The van der Waals surface area contributed by atoms with Crippen LogP contribution in [-0.4, -0.2) is 37.1 Å². The highest BCUT2D eigenvalue weighted by molar-refractivity contribution is 5.76. The smallest absolute Gasteiger partial charge is 0.223 e. The lowest BCUT2D eigenvalue weighted by Crippen LogP contribution is -2.38. The van der Waals surface area contributed by atoms with Crippen LogP contribution in [0.4, 0.5) is 0 Å². The van der Waals surface area contributed by atoms with Gasteiger partial charge in [-0.15, -0.1) is 0 Å². The maximum Gasteiger partial charge on any atom is 0.223 e. The molecule has 6 nitrogen and oxygen atoms in total. The number of carbonyl (C=O) groups is 1. The number of aromatic nitrogens is 4. The van der Waals surface area contributed by atoms with Gasteiger partial charge in [-0.2, -0.15) is 5.10 Å². The quantitative estimate of drug-likeness (QED) is 0.849. The van der Waals surface area contributed by atoms with Crippen LogP contribution < -0.4 is 0 Å². The van der Waals surface area contributed by atoms with E-state index in [1.54, 1.807) is 17.2 Å². The van der Waals surface area contributed by atoms with Gasteiger partial charge < -0.3 is 4.90 Å². The second-order valence-corrected chi connectivity index (χ2v) is 5.62. The number of piperidine rings is 1. The van der Waals surface area contributed by atoms with Crippen LogP contribution in [-0.2, 0) is 11.3 Å². The second kappa shape index (κ2) is 7.15. The molecule has 0 unspecified atom stereocenters. The molecule has 0 aromatic carbocycles. The van der Waals surface area contributed by atoms with Gasteiger partial charge >= 0.3 is 0 Å². The molecule has 1 fully saturated rings. The minimum atomic E-state index is 0.133. The van der Waals surface area contributed by atoms with Crippen molar-refractivity contribution in [3.05, 3.63) is 42.7 Å². The van der Waals surface area contributed by atoms with Gasteiger partial charge in [0.15, 0.2) is 0 Å². The number of pyridine rings is 1. The fraction of sp³-hybridized carbons (Fsp3) is 0.500. The normalized spacial score (nSPS) is 18.4. The van der Waals surface area contributed by atoms with Crippen molar-refractivity contribution in [1.82, 2.24) is 24.6 Å². The number of hydrogen-bond donors (Lipinski definition) is 0. The highest BCUT2D eigenvalue weighted by Gasteiger charge is 2.28. The van der Waals surface area contributed by atoms with Gasteiger partial charge in [-0.1, -0.05) is 6.07 Å². The summed E-state index contributed by atoms with van der Waals surface area (Å²) in [5.41, 5.74) is 1.01. The molecule has 0 bridgehead atoms. The average molecular weight is 299 g/mol. The molecule has 1 aliphatic rings. The number of rotatable bonds is 5. The average Bonchev–Trinajstić information content (AvgIpc) is 3.09. The van der Waals surface area contributed by atoms with E-state index in [1.807, 2.05) is 23.1 Å². The Bertz CT molecular complexity index is 584. The monoisotopic (exact) mass is 299 g/mol. The van der Waals surface area contributed by atoms with Crippen molar-refractivity contribution in [3.8, 4) is 0 Å². The maximum absolute atomic E-state index is 12.6. The number of carbonyl (C=O) groups excluding carboxylic acids is 1. The van der Waals surface area contributed by atoms with Gasteiger partial charge in [0.1, 0.15) is 12.7 Å². The molecule has 116 valence electrons. The molecular weight excluding hydrogens is 278 g/mol. The van der Waals surface area contributed by atoms with E-state index >= 15 is 0 Å². The summed E-state index contributed by atoms with van der Waals surface area (Å²) in [7, 11) is 0. The van der Waals surface area contributed by atoms with E-state index in [4.69, 9.17) is 0 Å². The molecule has 1 atom stereocenters. The summed E-state index contributed by atoms with van der Waals surface area (Å²) in [5, 5.41) is 4.06. The predicted molar refractivity (Wildman–Crippen MR) is 81.8 cm³/mol.